The molecule has 0 saturated heterocycles. The van der Waals surface area contributed by atoms with E-state index in [1.165, 1.54) is 42.4 Å². The van der Waals surface area contributed by atoms with Gasteiger partial charge in [-0.05, 0) is 57.1 Å². The maximum Gasteiger partial charge on any atom is 0.232 e. The van der Waals surface area contributed by atoms with Crippen LogP contribution < -0.4 is 5.32 Å². The lowest BCUT2D eigenvalue weighted by molar-refractivity contribution is -0.120. The Morgan fingerprint density at radius 1 is 1.32 bits per heavy atom. The molecule has 0 bridgehead atoms. The summed E-state index contributed by atoms with van der Waals surface area (Å²) < 4.78 is 0. The molecule has 2 rings (SSSR count). The molecule has 22 heavy (non-hydrogen) atoms. The maximum absolute atomic E-state index is 12.1. The lowest BCUT2D eigenvalue weighted by atomic mass is 9.97. The Bertz CT molecular complexity index is 524. The Labute approximate surface area is 138 Å². The Morgan fingerprint density at radius 2 is 2.14 bits per heavy atom. The fourth-order valence-electron chi connectivity index (χ4n) is 2.68. The molecule has 1 N–H and O–H groups in total. The van der Waals surface area contributed by atoms with Gasteiger partial charge in [-0.25, -0.2) is 0 Å². The van der Waals surface area contributed by atoms with E-state index in [2.05, 4.69) is 42.6 Å². The van der Waals surface area contributed by atoms with Crippen molar-refractivity contribution in [2.75, 3.05) is 6.54 Å². The van der Waals surface area contributed by atoms with E-state index in [9.17, 15) is 4.79 Å². The van der Waals surface area contributed by atoms with Crippen LogP contribution in [0.15, 0.2) is 35.9 Å². The third-order valence-electron chi connectivity index (χ3n) is 4.25. The minimum atomic E-state index is -0.0000541. The zero-order valence-corrected chi connectivity index (χ0v) is 14.5. The molecule has 1 aliphatic rings. The van der Waals surface area contributed by atoms with Gasteiger partial charge in [0.25, 0.3) is 0 Å². The van der Waals surface area contributed by atoms with Crippen molar-refractivity contribution < 1.29 is 4.79 Å². The summed E-state index contributed by atoms with van der Waals surface area (Å²) in [6.45, 7) is 4.90. The van der Waals surface area contributed by atoms with Crippen LogP contribution in [-0.4, -0.2) is 17.7 Å². The van der Waals surface area contributed by atoms with E-state index in [1.807, 2.05) is 6.92 Å². The maximum atomic E-state index is 12.1. The number of amides is 1. The molecule has 2 nitrogen and oxygen atoms in total. The van der Waals surface area contributed by atoms with E-state index in [1.54, 1.807) is 11.8 Å². The normalized spacial score (nSPS) is 16.0. The number of nitrogens with one attached hydrogen (secondary N) is 1. The van der Waals surface area contributed by atoms with Crippen LogP contribution in [0.3, 0.4) is 0 Å². The molecule has 120 valence electrons. The van der Waals surface area contributed by atoms with Crippen LogP contribution in [0.2, 0.25) is 0 Å². The molecule has 1 aromatic rings. The molecule has 1 aromatic carbocycles. The monoisotopic (exact) mass is 317 g/mol. The second-order valence-electron chi connectivity index (χ2n) is 6.03. The van der Waals surface area contributed by atoms with Gasteiger partial charge in [0.2, 0.25) is 5.91 Å². The molecule has 1 unspecified atom stereocenters. The fraction of sp³-hybridized carbons (Fsp3) is 0.526. The number of hydrogen-bond acceptors (Lipinski definition) is 2. The number of hydrogen-bond donors (Lipinski definition) is 1. The van der Waals surface area contributed by atoms with Gasteiger partial charge in [0, 0.05) is 12.3 Å². The summed E-state index contributed by atoms with van der Waals surface area (Å²) in [6, 6.07) is 8.38. The third-order valence-corrected chi connectivity index (χ3v) is 5.44. The standard InChI is InChI=1S/C19H27NOS/c1-15-8-6-7-11-18(15)14-22-16(2)19(21)20-13-12-17-9-4-3-5-10-17/h6-9,11,16H,3-5,10,12-14H2,1-2H3,(H,20,21). The first kappa shape index (κ1) is 17.1. The van der Waals surface area contributed by atoms with Crippen LogP contribution in [0.5, 0.6) is 0 Å². The van der Waals surface area contributed by atoms with Gasteiger partial charge in [-0.1, -0.05) is 35.9 Å². The number of rotatable bonds is 7. The van der Waals surface area contributed by atoms with Crippen molar-refractivity contribution in [3.05, 3.63) is 47.0 Å². The van der Waals surface area contributed by atoms with Gasteiger partial charge in [-0.3, -0.25) is 4.79 Å². The SMILES string of the molecule is Cc1ccccc1CSC(C)C(=O)NCCC1=CCCCC1. The summed E-state index contributed by atoms with van der Waals surface area (Å²) in [5.74, 6) is 1.06. The molecule has 0 heterocycles. The van der Waals surface area contributed by atoms with Gasteiger partial charge >= 0.3 is 0 Å². The van der Waals surface area contributed by atoms with Crippen LogP contribution >= 0.6 is 11.8 Å². The summed E-state index contributed by atoms with van der Waals surface area (Å²) in [5.41, 5.74) is 4.14. The summed E-state index contributed by atoms with van der Waals surface area (Å²) in [6.07, 6.45) is 8.43. The predicted octanol–water partition coefficient (Wildman–Crippen LogP) is 4.62. The number of aryl methyl sites for hydroxylation is 1. The fourth-order valence-corrected chi connectivity index (χ4v) is 3.67. The highest BCUT2D eigenvalue weighted by atomic mass is 32.2. The quantitative estimate of drug-likeness (QED) is 0.743. The van der Waals surface area contributed by atoms with Crippen LogP contribution in [0.1, 0.15) is 50.2 Å². The molecular formula is C19H27NOS. The first-order valence-corrected chi connectivity index (χ1v) is 9.33. The van der Waals surface area contributed by atoms with Gasteiger partial charge in [-0.2, -0.15) is 0 Å². The molecule has 0 fully saturated rings. The summed E-state index contributed by atoms with van der Waals surface area (Å²) in [7, 11) is 0. The molecule has 0 spiro atoms. The Morgan fingerprint density at radius 3 is 2.86 bits per heavy atom. The van der Waals surface area contributed by atoms with E-state index >= 15 is 0 Å². The van der Waals surface area contributed by atoms with Crippen molar-refractivity contribution in [2.45, 2.75) is 57.0 Å². The van der Waals surface area contributed by atoms with E-state index in [-0.39, 0.29) is 11.2 Å². The summed E-state index contributed by atoms with van der Waals surface area (Å²) >= 11 is 1.71. The summed E-state index contributed by atoms with van der Waals surface area (Å²) in [4.78, 5) is 12.1. The van der Waals surface area contributed by atoms with Crippen LogP contribution in [0.4, 0.5) is 0 Å². The van der Waals surface area contributed by atoms with Gasteiger partial charge in [0.1, 0.15) is 0 Å². The van der Waals surface area contributed by atoms with Gasteiger partial charge in [0.05, 0.1) is 5.25 Å². The lowest BCUT2D eigenvalue weighted by Crippen LogP contribution is -2.32. The molecule has 0 aliphatic heterocycles. The van der Waals surface area contributed by atoms with Crippen molar-refractivity contribution in [1.29, 1.82) is 0 Å². The smallest absolute Gasteiger partial charge is 0.232 e. The lowest BCUT2D eigenvalue weighted by Gasteiger charge is -2.15. The van der Waals surface area contributed by atoms with Crippen LogP contribution in [-0.2, 0) is 10.5 Å². The largest absolute Gasteiger partial charge is 0.355 e. The average Bonchev–Trinajstić information content (AvgIpc) is 2.54. The molecule has 0 aromatic heterocycles. The number of allylic oxidation sites excluding steroid dienone is 1. The average molecular weight is 317 g/mol. The van der Waals surface area contributed by atoms with Gasteiger partial charge in [-0.15, -0.1) is 11.8 Å². The van der Waals surface area contributed by atoms with Crippen molar-refractivity contribution in [1.82, 2.24) is 5.32 Å². The van der Waals surface area contributed by atoms with E-state index in [4.69, 9.17) is 0 Å². The molecule has 1 amide bonds. The summed E-state index contributed by atoms with van der Waals surface area (Å²) in [5, 5.41) is 3.08. The van der Waals surface area contributed by atoms with Crippen molar-refractivity contribution in [2.24, 2.45) is 0 Å². The molecule has 1 atom stereocenters. The van der Waals surface area contributed by atoms with Crippen molar-refractivity contribution in [3.8, 4) is 0 Å². The molecule has 0 radical (unpaired) electrons. The van der Waals surface area contributed by atoms with Crippen LogP contribution in [0.25, 0.3) is 0 Å². The zero-order chi connectivity index (χ0) is 15.8. The molecule has 3 heteroatoms. The minimum Gasteiger partial charge on any atom is -0.355 e. The predicted molar refractivity (Wildman–Crippen MR) is 96.1 cm³/mol. The topological polar surface area (TPSA) is 29.1 Å². The van der Waals surface area contributed by atoms with E-state index in [0.29, 0.717) is 0 Å². The number of carbonyl (C=O) groups excluding carboxylic acids is 1. The Balaban J connectivity index is 1.68. The second-order valence-corrected chi connectivity index (χ2v) is 7.36. The molecular weight excluding hydrogens is 290 g/mol. The number of carbonyl (C=O) groups is 1. The molecule has 1 aliphatic carbocycles. The number of thioether (sulfide) groups is 1. The second kappa shape index (κ2) is 9.04. The van der Waals surface area contributed by atoms with Gasteiger partial charge in [0.15, 0.2) is 0 Å². The van der Waals surface area contributed by atoms with Crippen LogP contribution in [0, 0.1) is 6.92 Å². The highest BCUT2D eigenvalue weighted by molar-refractivity contribution is 7.99. The van der Waals surface area contributed by atoms with Crippen molar-refractivity contribution in [3.63, 3.8) is 0 Å². The van der Waals surface area contributed by atoms with E-state index in [0.717, 1.165) is 18.7 Å². The third kappa shape index (κ3) is 5.53. The first-order chi connectivity index (χ1) is 10.7. The Hall–Kier alpha value is -1.22. The highest BCUT2D eigenvalue weighted by Gasteiger charge is 2.13. The minimum absolute atomic E-state index is 0.0000541. The first-order valence-electron chi connectivity index (χ1n) is 8.28. The zero-order valence-electron chi connectivity index (χ0n) is 13.7. The Kier molecular flexibility index (Phi) is 7.04. The van der Waals surface area contributed by atoms with E-state index < -0.39 is 0 Å². The number of benzene rings is 1. The highest BCUT2D eigenvalue weighted by Crippen LogP contribution is 2.21. The molecule has 0 saturated carbocycles. The van der Waals surface area contributed by atoms with Gasteiger partial charge < -0.3 is 5.32 Å². The van der Waals surface area contributed by atoms with Crippen molar-refractivity contribution >= 4 is 17.7 Å².